The summed E-state index contributed by atoms with van der Waals surface area (Å²) in [5.74, 6) is 0. The summed E-state index contributed by atoms with van der Waals surface area (Å²) in [6.07, 6.45) is -3.29. The Morgan fingerprint density at radius 3 is 0.500 bits per heavy atom. The van der Waals surface area contributed by atoms with Gasteiger partial charge in [-0.15, -0.1) is 13.1 Å². The smallest absolute Gasteiger partial charge is 0.0858 e. The average Bonchev–Trinajstić information content (AvgIpc) is 3.51. The van der Waals surface area contributed by atoms with Crippen LogP contribution in [0.1, 0.15) is 166 Å². The first-order valence-electron chi connectivity index (χ1n) is 18.1. The van der Waals surface area contributed by atoms with Gasteiger partial charge >= 0.3 is 0 Å². The molecule has 0 aromatic carbocycles. The van der Waals surface area contributed by atoms with Crippen LogP contribution in [0.4, 0.5) is 0 Å². The van der Waals surface area contributed by atoms with Crippen molar-refractivity contribution in [2.24, 2.45) is 0 Å². The summed E-state index contributed by atoms with van der Waals surface area (Å²) in [5.41, 5.74) is 0. The molecule has 0 amide bonds. The molecule has 0 N–H and O–H groups in total. The van der Waals surface area contributed by atoms with Gasteiger partial charge in [0.15, 0.2) is 0 Å². The van der Waals surface area contributed by atoms with Crippen LogP contribution in [0.2, 0.25) is 66.5 Å². The molecule has 2 aliphatic heterocycles. The van der Waals surface area contributed by atoms with Crippen LogP contribution in [0.15, 0.2) is 0 Å². The Labute approximate surface area is 287 Å². The van der Waals surface area contributed by atoms with Crippen LogP contribution in [0.5, 0.6) is 0 Å². The highest BCUT2D eigenvalue weighted by molar-refractivity contribution is 9.18. The normalized spacial score (nSPS) is 28.6. The molecule has 0 aliphatic carbocycles. The zero-order chi connectivity index (χ0) is 36.2. The van der Waals surface area contributed by atoms with E-state index < -0.39 is 43.6 Å². The molecule has 2 fully saturated rings. The summed E-state index contributed by atoms with van der Waals surface area (Å²) < 4.78 is 0. The Hall–Kier alpha value is 2.16. The van der Waals surface area contributed by atoms with Gasteiger partial charge in [0.25, 0.3) is 0 Å². The molecular weight excluding hydrogens is 663 g/mol. The molecule has 0 unspecified atom stereocenters. The third-order valence-electron chi connectivity index (χ3n) is 15.8. The molecule has 0 bridgehead atoms. The molecule has 0 nitrogen and oxygen atoms in total. The van der Waals surface area contributed by atoms with Crippen LogP contribution in [0.3, 0.4) is 0 Å². The van der Waals surface area contributed by atoms with Crippen molar-refractivity contribution in [3.63, 3.8) is 0 Å². The van der Waals surface area contributed by atoms with Gasteiger partial charge in [-0.2, -0.15) is 0 Å². The van der Waals surface area contributed by atoms with Gasteiger partial charge in [0.2, 0.25) is 0 Å². The Morgan fingerprint density at radius 1 is 0.273 bits per heavy atom. The van der Waals surface area contributed by atoms with E-state index >= 15 is 0 Å². The van der Waals surface area contributed by atoms with Gasteiger partial charge in [0.05, 0.1) is 43.6 Å². The van der Waals surface area contributed by atoms with Gasteiger partial charge in [-0.05, 0) is 40.3 Å². The van der Waals surface area contributed by atoms with Gasteiger partial charge in [-0.1, -0.05) is 192 Å². The van der Waals surface area contributed by atoms with Gasteiger partial charge in [-0.25, -0.2) is 0 Å². The van der Waals surface area contributed by atoms with Gasteiger partial charge in [0.1, 0.15) is 0 Å². The summed E-state index contributed by atoms with van der Waals surface area (Å²) in [7, 11) is -7.12. The lowest BCUT2D eigenvalue weighted by Gasteiger charge is -2.65. The van der Waals surface area contributed by atoms with Gasteiger partial charge in [0, 0.05) is 0 Å². The van der Waals surface area contributed by atoms with E-state index in [4.69, 9.17) is 0 Å². The minimum atomic E-state index is -1.81. The first kappa shape index (κ1) is 42.3. The third-order valence-corrected chi connectivity index (χ3v) is 238. The molecule has 2 heterocycles. The number of hydrogen-bond acceptors (Lipinski definition) is 0. The zero-order valence-corrected chi connectivity index (χ0v) is 43.7. The summed E-state index contributed by atoms with van der Waals surface area (Å²) in [4.78, 5) is 0. The van der Waals surface area contributed by atoms with E-state index in [1.54, 1.807) is 0 Å². The monoisotopic (exact) mass is 746 g/mol. The van der Waals surface area contributed by atoms with E-state index in [9.17, 15) is 0 Å². The van der Waals surface area contributed by atoms with Crippen molar-refractivity contribution in [2.75, 3.05) is 0 Å². The summed E-state index contributed by atoms with van der Waals surface area (Å²) >= 11 is 0. The lowest BCUT2D eigenvalue weighted by atomic mass is 10.2. The fourth-order valence-electron chi connectivity index (χ4n) is 11.6. The Balaban J connectivity index is 3.59. The quantitative estimate of drug-likeness (QED) is 0.198. The molecule has 0 saturated carbocycles. The predicted octanol–water partition coefficient (Wildman–Crippen LogP) is 15.8. The maximum Gasteiger partial charge on any atom is 0.0858 e. The highest BCUT2D eigenvalue weighted by Crippen LogP contribution is 3.21. The fourth-order valence-corrected chi connectivity index (χ4v) is 533. The fraction of sp³-hybridized carbons (Fsp3) is 1.00. The molecule has 2 rings (SSSR count). The zero-order valence-electron chi connectivity index (χ0n) is 35.9. The van der Waals surface area contributed by atoms with Gasteiger partial charge in [-0.3, -0.25) is 0 Å². The van der Waals surface area contributed by atoms with E-state index in [0.29, 0.717) is 40.3 Å². The molecule has 0 aromatic heterocycles. The van der Waals surface area contributed by atoms with Crippen LogP contribution >= 0.6 is 13.1 Å². The molecule has 0 atom stereocenters. The van der Waals surface area contributed by atoms with Crippen LogP contribution in [0.25, 0.3) is 0 Å². The maximum atomic E-state index is 3.12. The molecule has 44 heavy (non-hydrogen) atoms. The molecular formula is C36H84P2Si6. The molecule has 262 valence electrons. The highest BCUT2D eigenvalue weighted by Gasteiger charge is 3.13. The molecule has 0 spiro atoms. The Morgan fingerprint density at radius 2 is 0.409 bits per heavy atom. The topological polar surface area (TPSA) is 0 Å². The van der Waals surface area contributed by atoms with E-state index in [2.05, 4.69) is 192 Å². The number of hydrogen-bond donors (Lipinski definition) is 0. The highest BCUT2D eigenvalue weighted by atomic mass is 32.5. The summed E-state index contributed by atoms with van der Waals surface area (Å²) in [6.45, 7) is 79.1. The molecule has 0 aromatic rings. The molecule has 0 radical (unpaired) electrons. The van der Waals surface area contributed by atoms with Crippen LogP contribution in [-0.2, 0) is 0 Å². The average molecular weight is 748 g/mol. The standard InChI is InChI=1S/C36H84P2Si6/c1-29(2,3)39(25,30(4,5)6)37-43(41(27,33(13,14)15)34(16,17)18)38(40(26,31(7,8)9)32(10,11)12)44(37,43)42(28,35(19,20)21)36(22,23)24/h1-28H3. The summed E-state index contributed by atoms with van der Waals surface area (Å²) in [6, 6.07) is 0. The molecule has 2 saturated heterocycles. The Kier molecular flexibility index (Phi) is 9.98. The number of fused-ring (bicyclic) bond motifs is 1. The van der Waals surface area contributed by atoms with Crippen molar-refractivity contribution < 1.29 is 0 Å². The van der Waals surface area contributed by atoms with Crippen molar-refractivity contribution in [1.82, 2.24) is 0 Å². The van der Waals surface area contributed by atoms with Crippen molar-refractivity contribution in [3.05, 3.63) is 0 Å². The lowest BCUT2D eigenvalue weighted by Crippen LogP contribution is -2.64. The minimum Gasteiger partial charge on any atom is -0.138 e. The maximum absolute atomic E-state index is 3.12. The van der Waals surface area contributed by atoms with Crippen molar-refractivity contribution in [3.8, 4) is 0 Å². The van der Waals surface area contributed by atoms with E-state index in [1.807, 2.05) is 0 Å². The first-order valence-corrected chi connectivity index (χ1v) is 42.8. The summed E-state index contributed by atoms with van der Waals surface area (Å²) in [5, 5.41) is 3.59. The Bertz CT molecular complexity index is 963. The second kappa shape index (κ2) is 10.4. The SMILES string of the molecule is CC(C)(C)[Si](C)(P1[Si]2([Si](C)(C(C)(C)C)C(C)(C)C)P([Si](C)(C(C)(C)C)C(C)(C)C)[Si]12[Si](C)(C(C)(C)C)C(C)(C)C)C(C)(C)C. The van der Waals surface area contributed by atoms with E-state index in [1.165, 1.54) is 0 Å². The second-order valence-corrected chi connectivity index (χ2v) is 109. The molecule has 2 aliphatic rings. The number of rotatable bonds is 4. The van der Waals surface area contributed by atoms with E-state index in [0.717, 1.165) is 0 Å². The second-order valence-electron chi connectivity index (χ2n) is 24.4. The largest absolute Gasteiger partial charge is 0.138 e. The first-order chi connectivity index (χ1) is 18.5. The minimum absolute atomic E-state index is 0.168. The predicted molar refractivity (Wildman–Crippen MR) is 230 cm³/mol. The van der Waals surface area contributed by atoms with Crippen molar-refractivity contribution >= 4 is 56.7 Å². The molecule has 8 heteroatoms. The van der Waals surface area contributed by atoms with Gasteiger partial charge < -0.3 is 0 Å². The third kappa shape index (κ3) is 4.64. The van der Waals surface area contributed by atoms with Crippen LogP contribution in [-0.4, -0.2) is 43.6 Å². The van der Waals surface area contributed by atoms with Crippen molar-refractivity contribution in [2.45, 2.75) is 233 Å². The van der Waals surface area contributed by atoms with Crippen LogP contribution in [0, 0.1) is 0 Å². The van der Waals surface area contributed by atoms with E-state index in [-0.39, 0.29) is 13.1 Å². The lowest BCUT2D eigenvalue weighted by molar-refractivity contribution is 0.634. The van der Waals surface area contributed by atoms with Crippen LogP contribution < -0.4 is 0 Å². The van der Waals surface area contributed by atoms with Crippen molar-refractivity contribution in [1.29, 1.82) is 0 Å².